The van der Waals surface area contributed by atoms with E-state index in [2.05, 4.69) is 30.9 Å². The van der Waals surface area contributed by atoms with Gasteiger partial charge in [0.25, 0.3) is 5.91 Å². The van der Waals surface area contributed by atoms with Crippen LogP contribution in [-0.2, 0) is 9.59 Å². The van der Waals surface area contributed by atoms with Crippen molar-refractivity contribution in [2.45, 2.75) is 76.8 Å². The predicted molar refractivity (Wildman–Crippen MR) is 120 cm³/mol. The van der Waals surface area contributed by atoms with Gasteiger partial charge in [0.2, 0.25) is 11.8 Å². The molecule has 4 N–H and O–H groups in total. The number of aromatic nitrogens is 3. The summed E-state index contributed by atoms with van der Waals surface area (Å²) in [6.07, 6.45) is 10.2. The highest BCUT2D eigenvalue weighted by molar-refractivity contribution is 6.06. The molecule has 0 unspecified atom stereocenters. The fourth-order valence-corrected chi connectivity index (χ4v) is 4.23. The monoisotopic (exact) mass is 440 g/mol. The van der Waals surface area contributed by atoms with Crippen molar-refractivity contribution in [2.24, 2.45) is 5.92 Å². The van der Waals surface area contributed by atoms with Gasteiger partial charge in [-0.15, -0.1) is 0 Å². The fourth-order valence-electron chi connectivity index (χ4n) is 4.23. The summed E-state index contributed by atoms with van der Waals surface area (Å²) in [6.45, 7) is 3.87. The maximum absolute atomic E-state index is 13.0. The Hall–Kier alpha value is -2.97. The minimum Gasteiger partial charge on any atom is -0.352 e. The minimum atomic E-state index is -0.744. The molecule has 9 heteroatoms. The molecule has 2 aromatic heterocycles. The number of nitrogens with one attached hydrogen (secondary N) is 4. The molecule has 0 saturated heterocycles. The van der Waals surface area contributed by atoms with Crippen LogP contribution in [0.3, 0.4) is 0 Å². The van der Waals surface area contributed by atoms with Crippen LogP contribution >= 0.6 is 0 Å². The van der Waals surface area contributed by atoms with E-state index in [0.717, 1.165) is 44.2 Å². The molecule has 172 valence electrons. The molecular weight excluding hydrogens is 408 g/mol. The smallest absolute Gasteiger partial charge is 0.255 e. The number of hydrogen-bond donors (Lipinski definition) is 4. The summed E-state index contributed by atoms with van der Waals surface area (Å²) < 4.78 is 0. The lowest BCUT2D eigenvalue weighted by Gasteiger charge is -2.20. The molecule has 2 aromatic rings. The Labute approximate surface area is 187 Å². The molecule has 9 nitrogen and oxygen atoms in total. The number of rotatable bonds is 9. The highest BCUT2D eigenvalue weighted by Gasteiger charge is 2.28. The van der Waals surface area contributed by atoms with E-state index in [1.165, 1.54) is 0 Å². The van der Waals surface area contributed by atoms with Crippen molar-refractivity contribution < 1.29 is 14.4 Å². The van der Waals surface area contributed by atoms with Crippen molar-refractivity contribution in [1.82, 2.24) is 30.9 Å². The van der Waals surface area contributed by atoms with Gasteiger partial charge >= 0.3 is 0 Å². The lowest BCUT2D eigenvalue weighted by Crippen LogP contribution is -2.50. The molecule has 2 saturated carbocycles. The van der Waals surface area contributed by atoms with Gasteiger partial charge in [-0.3, -0.25) is 14.4 Å². The predicted octanol–water partition coefficient (Wildman–Crippen LogP) is 2.15. The van der Waals surface area contributed by atoms with Crippen molar-refractivity contribution in [2.75, 3.05) is 6.54 Å². The third-order valence-corrected chi connectivity index (χ3v) is 6.11. The zero-order valence-corrected chi connectivity index (χ0v) is 18.7. The number of H-pyrrole nitrogens is 1. The first-order valence-electron chi connectivity index (χ1n) is 11.6. The summed E-state index contributed by atoms with van der Waals surface area (Å²) >= 11 is 0. The standard InChI is InChI=1S/C23H32N6O3/c1-13(2)9-17(23(32)26-12-19(30)27-15-5-3-4-6-15)29-22(31)16-10-24-21-20(16)28-18(11-25-21)14-7-8-14/h10-11,13-15,17H,3-9,12H2,1-2H3,(H,24,25)(H,26,32)(H,27,30)(H,29,31)/t17-/m1/s1. The number of nitrogens with zero attached hydrogens (tertiary/aromatic N) is 2. The van der Waals surface area contributed by atoms with Crippen LogP contribution in [0.5, 0.6) is 0 Å². The number of amides is 3. The van der Waals surface area contributed by atoms with Gasteiger partial charge in [-0.1, -0.05) is 26.7 Å². The SMILES string of the molecule is CC(C)C[C@@H](NC(=O)c1c[nH]c2ncc(C3CC3)nc12)C(=O)NCC(=O)NC1CCCC1. The van der Waals surface area contributed by atoms with E-state index < -0.39 is 6.04 Å². The second-order valence-electron chi connectivity index (χ2n) is 9.39. The van der Waals surface area contributed by atoms with Crippen molar-refractivity contribution >= 4 is 28.9 Å². The fraction of sp³-hybridized carbons (Fsp3) is 0.609. The van der Waals surface area contributed by atoms with Crippen molar-refractivity contribution in [3.8, 4) is 0 Å². The summed E-state index contributed by atoms with van der Waals surface area (Å²) in [4.78, 5) is 50.0. The number of carbonyl (C=O) groups excluding carboxylic acids is 3. The van der Waals surface area contributed by atoms with Gasteiger partial charge in [0.15, 0.2) is 5.65 Å². The number of hydrogen-bond acceptors (Lipinski definition) is 5. The third-order valence-electron chi connectivity index (χ3n) is 6.11. The Morgan fingerprint density at radius 2 is 1.91 bits per heavy atom. The first kappa shape index (κ1) is 22.2. The molecule has 0 bridgehead atoms. The second kappa shape index (κ2) is 9.67. The van der Waals surface area contributed by atoms with Crippen LogP contribution in [0.4, 0.5) is 0 Å². The summed E-state index contributed by atoms with van der Waals surface area (Å²) in [5, 5.41) is 8.47. The van der Waals surface area contributed by atoms with Crippen molar-refractivity contribution in [3.05, 3.63) is 23.7 Å². The molecule has 0 spiro atoms. The van der Waals surface area contributed by atoms with Crippen molar-refractivity contribution in [1.29, 1.82) is 0 Å². The summed E-state index contributed by atoms with van der Waals surface area (Å²) in [5.74, 6) is -0.331. The number of aromatic amines is 1. The van der Waals surface area contributed by atoms with Crippen LogP contribution in [0.25, 0.3) is 11.2 Å². The maximum atomic E-state index is 13.0. The van der Waals surface area contributed by atoms with Crippen LogP contribution in [0.15, 0.2) is 12.4 Å². The number of fused-ring (bicyclic) bond motifs is 1. The van der Waals surface area contributed by atoms with Crippen molar-refractivity contribution in [3.63, 3.8) is 0 Å². The Kier molecular flexibility index (Phi) is 6.72. The van der Waals surface area contributed by atoms with E-state index in [0.29, 0.717) is 29.1 Å². The van der Waals surface area contributed by atoms with Crippen LogP contribution in [0.2, 0.25) is 0 Å². The zero-order valence-electron chi connectivity index (χ0n) is 18.7. The molecule has 0 radical (unpaired) electrons. The van der Waals surface area contributed by atoms with Gasteiger partial charge in [0, 0.05) is 18.2 Å². The van der Waals surface area contributed by atoms with Crippen LogP contribution < -0.4 is 16.0 Å². The second-order valence-corrected chi connectivity index (χ2v) is 9.39. The topological polar surface area (TPSA) is 129 Å². The Balaban J connectivity index is 1.39. The Bertz CT molecular complexity index is 991. The van der Waals surface area contributed by atoms with Gasteiger partial charge in [0.05, 0.1) is 24.0 Å². The van der Waals surface area contributed by atoms with E-state index in [1.807, 2.05) is 13.8 Å². The van der Waals surface area contributed by atoms with Gasteiger partial charge in [-0.25, -0.2) is 9.97 Å². The summed E-state index contributed by atoms with van der Waals surface area (Å²) in [5.41, 5.74) is 2.34. The number of carbonyl (C=O) groups is 3. The molecule has 3 amide bonds. The van der Waals surface area contributed by atoms with Crippen LogP contribution in [-0.4, -0.2) is 51.3 Å². The van der Waals surface area contributed by atoms with Gasteiger partial charge in [-0.2, -0.15) is 0 Å². The molecular formula is C23H32N6O3. The molecule has 2 heterocycles. The van der Waals surface area contributed by atoms with E-state index in [-0.39, 0.29) is 36.2 Å². The van der Waals surface area contributed by atoms with Gasteiger partial charge < -0.3 is 20.9 Å². The minimum absolute atomic E-state index is 0.0941. The van der Waals surface area contributed by atoms with E-state index in [4.69, 9.17) is 0 Å². The molecule has 2 aliphatic rings. The lowest BCUT2D eigenvalue weighted by atomic mass is 10.0. The average molecular weight is 441 g/mol. The largest absolute Gasteiger partial charge is 0.352 e. The zero-order chi connectivity index (χ0) is 22.7. The van der Waals surface area contributed by atoms with Crippen LogP contribution in [0.1, 0.15) is 80.8 Å². The molecule has 4 rings (SSSR count). The van der Waals surface area contributed by atoms with E-state index in [9.17, 15) is 14.4 Å². The first-order chi connectivity index (χ1) is 15.4. The highest BCUT2D eigenvalue weighted by Crippen LogP contribution is 2.39. The molecule has 0 aliphatic heterocycles. The van der Waals surface area contributed by atoms with Crippen LogP contribution in [0, 0.1) is 5.92 Å². The molecule has 0 aromatic carbocycles. The maximum Gasteiger partial charge on any atom is 0.255 e. The molecule has 32 heavy (non-hydrogen) atoms. The normalized spacial score (nSPS) is 17.5. The molecule has 2 aliphatic carbocycles. The summed E-state index contributed by atoms with van der Waals surface area (Å²) in [7, 11) is 0. The lowest BCUT2D eigenvalue weighted by molar-refractivity contribution is -0.127. The van der Waals surface area contributed by atoms with Gasteiger partial charge in [0.1, 0.15) is 11.6 Å². The summed E-state index contributed by atoms with van der Waals surface area (Å²) in [6, 6.07) is -0.541. The molecule has 1 atom stereocenters. The molecule has 2 fully saturated rings. The average Bonchev–Trinajstić information content (AvgIpc) is 3.32. The quantitative estimate of drug-likeness (QED) is 0.475. The third kappa shape index (κ3) is 5.44. The van der Waals surface area contributed by atoms with E-state index >= 15 is 0 Å². The van der Waals surface area contributed by atoms with Gasteiger partial charge in [-0.05, 0) is 38.0 Å². The first-order valence-corrected chi connectivity index (χ1v) is 11.6. The van der Waals surface area contributed by atoms with E-state index in [1.54, 1.807) is 12.4 Å². The Morgan fingerprint density at radius 3 is 2.59 bits per heavy atom. The Morgan fingerprint density at radius 1 is 1.16 bits per heavy atom. The highest BCUT2D eigenvalue weighted by atomic mass is 16.2.